The van der Waals surface area contributed by atoms with Crippen LogP contribution in [0, 0.1) is 19.3 Å². The highest BCUT2D eigenvalue weighted by molar-refractivity contribution is 5.94. The van der Waals surface area contributed by atoms with Crippen LogP contribution >= 0.6 is 0 Å². The van der Waals surface area contributed by atoms with Gasteiger partial charge in [0.2, 0.25) is 0 Å². The fourth-order valence-corrected chi connectivity index (χ4v) is 7.01. The lowest BCUT2D eigenvalue weighted by Gasteiger charge is -2.39. The number of methoxy groups -OCH3 is 1. The minimum atomic E-state index is -0.655. The molecule has 48 heavy (non-hydrogen) atoms. The number of carbonyl (C=O) groups excluding carboxylic acids is 1. The molecule has 1 saturated heterocycles. The van der Waals surface area contributed by atoms with Gasteiger partial charge in [0.25, 0.3) is 0 Å². The molecular formula is C39H50N6O3. The maximum absolute atomic E-state index is 12.5. The molecule has 0 spiro atoms. The highest BCUT2D eigenvalue weighted by atomic mass is 16.5. The zero-order chi connectivity index (χ0) is 34.6. The van der Waals surface area contributed by atoms with E-state index in [0.717, 1.165) is 83.0 Å². The number of benzene rings is 2. The van der Waals surface area contributed by atoms with Crippen molar-refractivity contribution in [2.45, 2.75) is 86.3 Å². The normalized spacial score (nSPS) is 14.9. The molecular weight excluding hydrogens is 600 g/mol. The van der Waals surface area contributed by atoms with Gasteiger partial charge in [-0.1, -0.05) is 77.1 Å². The minimum Gasteiger partial charge on any atom is -0.469 e. The lowest BCUT2D eigenvalue weighted by atomic mass is 9.76. The van der Waals surface area contributed by atoms with Gasteiger partial charge in [0.15, 0.2) is 0 Å². The standard InChI is InChI=1S/C37H44N6O3.C2H6/c1-7-37(36(45)46-6)18-20-41(21-19-37)33-17-16-31(25(4)38-33)43-26(5)34(24(2)3)35(40-43)28-14-11-15-30-29(28)22-42(39-30)23-32(44)27-12-9-8-10-13-27;1-2/h8-17,22,24,32,44H,7,18-21,23H2,1-6H3;1-2H3. The third-order valence-corrected chi connectivity index (χ3v) is 9.75. The fraction of sp³-hybridized carbons (Fsp3) is 0.436. The molecule has 1 aliphatic rings. The Balaban J connectivity index is 0.00000221. The number of aliphatic hydroxyl groups is 1. The SMILES string of the molecule is CC.CCC1(C(=O)OC)CCN(c2ccc(-n3nc(-c4cccc5nn(CC(O)c6ccccc6)cc45)c(C(C)C)c3C)c(C)n2)CC1. The number of hydrogen-bond acceptors (Lipinski definition) is 7. The van der Waals surface area contributed by atoms with Crippen LogP contribution in [0.1, 0.15) is 88.4 Å². The smallest absolute Gasteiger partial charge is 0.311 e. The predicted octanol–water partition coefficient (Wildman–Crippen LogP) is 7.95. The van der Waals surface area contributed by atoms with Crippen molar-refractivity contribution >= 4 is 22.7 Å². The molecule has 0 saturated carbocycles. The summed E-state index contributed by atoms with van der Waals surface area (Å²) in [5, 5.41) is 21.9. The molecule has 4 heterocycles. The first-order chi connectivity index (χ1) is 23.2. The molecule has 1 fully saturated rings. The van der Waals surface area contributed by atoms with Gasteiger partial charge in [-0.05, 0) is 62.8 Å². The van der Waals surface area contributed by atoms with Crippen LogP contribution in [0.3, 0.4) is 0 Å². The zero-order valence-corrected chi connectivity index (χ0v) is 29.7. The van der Waals surface area contributed by atoms with Crippen molar-refractivity contribution in [2.24, 2.45) is 5.41 Å². The molecule has 0 aliphatic carbocycles. The summed E-state index contributed by atoms with van der Waals surface area (Å²) < 4.78 is 8.99. The number of hydrogen-bond donors (Lipinski definition) is 1. The zero-order valence-electron chi connectivity index (χ0n) is 29.7. The molecule has 2 aromatic carbocycles. The number of aliphatic hydroxyl groups excluding tert-OH is 1. The van der Waals surface area contributed by atoms with Crippen LogP contribution < -0.4 is 4.90 Å². The van der Waals surface area contributed by atoms with Gasteiger partial charge in [-0.2, -0.15) is 10.2 Å². The molecule has 1 unspecified atom stereocenters. The molecule has 0 radical (unpaired) electrons. The van der Waals surface area contributed by atoms with Crippen LogP contribution in [-0.2, 0) is 16.1 Å². The Morgan fingerprint density at radius 1 is 0.979 bits per heavy atom. The Kier molecular flexibility index (Phi) is 10.7. The fourth-order valence-electron chi connectivity index (χ4n) is 7.01. The topological polar surface area (TPSA) is 98.3 Å². The van der Waals surface area contributed by atoms with Crippen molar-refractivity contribution in [3.63, 3.8) is 0 Å². The lowest BCUT2D eigenvalue weighted by molar-refractivity contribution is -0.154. The van der Waals surface area contributed by atoms with Gasteiger partial charge in [0.1, 0.15) is 5.82 Å². The van der Waals surface area contributed by atoms with E-state index >= 15 is 0 Å². The number of nitrogens with zero attached hydrogens (tertiary/aromatic N) is 6. The number of pyridine rings is 1. The van der Waals surface area contributed by atoms with E-state index < -0.39 is 11.5 Å². The minimum absolute atomic E-state index is 0.104. The van der Waals surface area contributed by atoms with E-state index in [1.807, 2.05) is 78.8 Å². The van der Waals surface area contributed by atoms with E-state index in [1.165, 1.54) is 12.7 Å². The number of fused-ring (bicyclic) bond motifs is 1. The summed E-state index contributed by atoms with van der Waals surface area (Å²) in [5.74, 6) is 1.05. The summed E-state index contributed by atoms with van der Waals surface area (Å²) in [7, 11) is 1.48. The van der Waals surface area contributed by atoms with Crippen LogP contribution in [0.5, 0.6) is 0 Å². The summed E-state index contributed by atoms with van der Waals surface area (Å²) >= 11 is 0. The molecule has 0 amide bonds. The summed E-state index contributed by atoms with van der Waals surface area (Å²) in [6.45, 7) is 16.5. The maximum atomic E-state index is 12.5. The van der Waals surface area contributed by atoms with E-state index in [2.05, 4.69) is 50.8 Å². The van der Waals surface area contributed by atoms with Crippen LogP contribution in [0.25, 0.3) is 27.8 Å². The van der Waals surface area contributed by atoms with E-state index in [9.17, 15) is 9.90 Å². The molecule has 1 atom stereocenters. The summed E-state index contributed by atoms with van der Waals surface area (Å²) in [5.41, 5.74) is 7.37. The second-order valence-electron chi connectivity index (χ2n) is 12.8. The number of ether oxygens (including phenoxy) is 1. The third-order valence-electron chi connectivity index (χ3n) is 9.75. The van der Waals surface area contributed by atoms with Crippen molar-refractivity contribution in [3.05, 3.63) is 89.4 Å². The lowest BCUT2D eigenvalue weighted by Crippen LogP contribution is -2.45. The number of rotatable bonds is 9. The second kappa shape index (κ2) is 14.7. The number of esters is 1. The maximum Gasteiger partial charge on any atom is 0.311 e. The van der Waals surface area contributed by atoms with Crippen molar-refractivity contribution in [2.75, 3.05) is 25.1 Å². The molecule has 254 valence electrons. The van der Waals surface area contributed by atoms with Gasteiger partial charge in [-0.25, -0.2) is 9.67 Å². The summed E-state index contributed by atoms with van der Waals surface area (Å²) in [4.78, 5) is 19.8. The highest BCUT2D eigenvalue weighted by Crippen LogP contribution is 2.39. The van der Waals surface area contributed by atoms with Crippen LogP contribution in [0.2, 0.25) is 0 Å². The molecule has 1 aliphatic heterocycles. The first-order valence-corrected chi connectivity index (χ1v) is 17.3. The second-order valence-corrected chi connectivity index (χ2v) is 12.8. The molecule has 0 bridgehead atoms. The summed E-state index contributed by atoms with van der Waals surface area (Å²) in [6.07, 6.45) is 3.65. The molecule has 3 aromatic heterocycles. The Morgan fingerprint density at radius 3 is 2.31 bits per heavy atom. The highest BCUT2D eigenvalue weighted by Gasteiger charge is 2.41. The van der Waals surface area contributed by atoms with E-state index in [1.54, 1.807) is 0 Å². The number of aryl methyl sites for hydroxylation is 1. The van der Waals surface area contributed by atoms with Gasteiger partial charge in [0.05, 0.1) is 47.8 Å². The molecule has 9 nitrogen and oxygen atoms in total. The van der Waals surface area contributed by atoms with E-state index in [-0.39, 0.29) is 11.9 Å². The number of aromatic nitrogens is 5. The Hall–Kier alpha value is -4.50. The Labute approximate surface area is 284 Å². The van der Waals surface area contributed by atoms with Gasteiger partial charge < -0.3 is 14.7 Å². The molecule has 9 heteroatoms. The van der Waals surface area contributed by atoms with Crippen LogP contribution in [0.15, 0.2) is 66.9 Å². The van der Waals surface area contributed by atoms with Crippen molar-refractivity contribution < 1.29 is 14.6 Å². The van der Waals surface area contributed by atoms with Gasteiger partial charge >= 0.3 is 5.97 Å². The van der Waals surface area contributed by atoms with Crippen LogP contribution in [0.4, 0.5) is 5.82 Å². The average molecular weight is 651 g/mol. The Morgan fingerprint density at radius 2 is 1.69 bits per heavy atom. The number of piperidine rings is 1. The third kappa shape index (κ3) is 6.61. The van der Waals surface area contributed by atoms with E-state index in [4.69, 9.17) is 19.9 Å². The van der Waals surface area contributed by atoms with Crippen molar-refractivity contribution in [1.29, 1.82) is 0 Å². The largest absolute Gasteiger partial charge is 0.469 e. The summed E-state index contributed by atoms with van der Waals surface area (Å²) in [6, 6.07) is 20.0. The van der Waals surface area contributed by atoms with Crippen molar-refractivity contribution in [1.82, 2.24) is 24.5 Å². The quantitative estimate of drug-likeness (QED) is 0.162. The molecule has 5 aromatic rings. The first-order valence-electron chi connectivity index (χ1n) is 17.3. The Bertz CT molecular complexity index is 1850. The number of anilines is 1. The van der Waals surface area contributed by atoms with Gasteiger partial charge in [-0.3, -0.25) is 9.48 Å². The number of carbonyl (C=O) groups is 1. The molecule has 1 N–H and O–H groups in total. The van der Waals surface area contributed by atoms with E-state index in [0.29, 0.717) is 6.54 Å². The van der Waals surface area contributed by atoms with Gasteiger partial charge in [-0.15, -0.1) is 0 Å². The molecule has 6 rings (SSSR count). The van der Waals surface area contributed by atoms with Gasteiger partial charge in [0, 0.05) is 41.5 Å². The predicted molar refractivity (Wildman–Crippen MR) is 193 cm³/mol. The van der Waals surface area contributed by atoms with Crippen LogP contribution in [-0.4, -0.2) is 55.8 Å². The monoisotopic (exact) mass is 650 g/mol. The first kappa shape index (κ1) is 34.8. The van der Waals surface area contributed by atoms with Crippen molar-refractivity contribution in [3.8, 4) is 16.9 Å². The average Bonchev–Trinajstić information content (AvgIpc) is 3.69.